The number of primary amides is 1. The zero-order valence-corrected chi connectivity index (χ0v) is 12.2. The van der Waals surface area contributed by atoms with E-state index in [2.05, 4.69) is 6.92 Å². The zero-order valence-electron chi connectivity index (χ0n) is 12.2. The van der Waals surface area contributed by atoms with Crippen molar-refractivity contribution < 1.29 is 14.4 Å². The minimum absolute atomic E-state index is 0.000636. The maximum absolute atomic E-state index is 12.4. The van der Waals surface area contributed by atoms with Gasteiger partial charge < -0.3 is 5.73 Å². The molecule has 0 bridgehead atoms. The Morgan fingerprint density at radius 3 is 2.53 bits per heavy atom. The van der Waals surface area contributed by atoms with E-state index < -0.39 is 11.4 Å². The van der Waals surface area contributed by atoms with E-state index in [-0.39, 0.29) is 36.5 Å². The summed E-state index contributed by atoms with van der Waals surface area (Å²) in [5, 5.41) is 0. The smallest absolute Gasteiger partial charge is 0.233 e. The third-order valence-corrected chi connectivity index (χ3v) is 3.82. The molecule has 0 aromatic rings. The molecule has 1 saturated heterocycles. The van der Waals surface area contributed by atoms with E-state index in [4.69, 9.17) is 5.73 Å². The van der Waals surface area contributed by atoms with Crippen molar-refractivity contribution in [2.45, 2.75) is 58.9 Å². The number of imide groups is 1. The molecule has 1 aliphatic heterocycles. The lowest BCUT2D eigenvalue weighted by atomic mass is 9.88. The van der Waals surface area contributed by atoms with Crippen LogP contribution in [0.25, 0.3) is 0 Å². The molecule has 2 unspecified atom stereocenters. The lowest BCUT2D eigenvalue weighted by molar-refractivity contribution is -0.146. The van der Waals surface area contributed by atoms with Crippen molar-refractivity contribution in [1.29, 1.82) is 0 Å². The van der Waals surface area contributed by atoms with Gasteiger partial charge in [-0.15, -0.1) is 0 Å². The summed E-state index contributed by atoms with van der Waals surface area (Å²) in [7, 11) is 0. The maximum Gasteiger partial charge on any atom is 0.233 e. The lowest BCUT2D eigenvalue weighted by Gasteiger charge is -2.33. The van der Waals surface area contributed by atoms with Crippen molar-refractivity contribution in [3.63, 3.8) is 0 Å². The van der Waals surface area contributed by atoms with E-state index in [1.807, 2.05) is 6.92 Å². The summed E-state index contributed by atoms with van der Waals surface area (Å²) in [5.74, 6) is -0.910. The number of carbonyl (C=O) groups excluding carboxylic acids is 3. The van der Waals surface area contributed by atoms with Gasteiger partial charge in [-0.25, -0.2) is 0 Å². The quantitative estimate of drug-likeness (QED) is 0.740. The highest BCUT2D eigenvalue weighted by Crippen LogP contribution is 2.34. The van der Waals surface area contributed by atoms with Gasteiger partial charge in [-0.2, -0.15) is 0 Å². The Kier molecular flexibility index (Phi) is 4.71. The molecule has 0 saturated carbocycles. The van der Waals surface area contributed by atoms with E-state index in [1.54, 1.807) is 13.8 Å². The Hall–Kier alpha value is -1.39. The topological polar surface area (TPSA) is 80.5 Å². The number of nitrogens with zero attached hydrogens (tertiary/aromatic N) is 1. The van der Waals surface area contributed by atoms with Crippen LogP contribution in [0.2, 0.25) is 0 Å². The molecular formula is C14H24N2O3. The van der Waals surface area contributed by atoms with Crippen molar-refractivity contribution in [2.75, 3.05) is 0 Å². The molecule has 2 atom stereocenters. The minimum Gasteiger partial charge on any atom is -0.370 e. The predicted molar refractivity (Wildman–Crippen MR) is 71.9 cm³/mol. The summed E-state index contributed by atoms with van der Waals surface area (Å²) in [6, 6.07) is 0. The van der Waals surface area contributed by atoms with Crippen LogP contribution in [0, 0.1) is 11.8 Å². The number of rotatable bonds is 6. The zero-order chi connectivity index (χ0) is 14.8. The van der Waals surface area contributed by atoms with Gasteiger partial charge in [0.05, 0.1) is 5.54 Å². The van der Waals surface area contributed by atoms with Crippen LogP contribution in [0.4, 0.5) is 0 Å². The van der Waals surface area contributed by atoms with E-state index in [0.717, 1.165) is 12.8 Å². The molecule has 108 valence electrons. The third kappa shape index (κ3) is 3.33. The Morgan fingerprint density at radius 2 is 2.05 bits per heavy atom. The number of carbonyl (C=O) groups is 3. The fourth-order valence-corrected chi connectivity index (χ4v) is 2.90. The van der Waals surface area contributed by atoms with Gasteiger partial charge in [0.1, 0.15) is 0 Å². The number of hydrogen-bond donors (Lipinski definition) is 1. The van der Waals surface area contributed by atoms with Gasteiger partial charge >= 0.3 is 0 Å². The first-order valence-corrected chi connectivity index (χ1v) is 6.86. The predicted octanol–water partition coefficient (Wildman–Crippen LogP) is 1.45. The van der Waals surface area contributed by atoms with E-state index in [0.29, 0.717) is 0 Å². The van der Waals surface area contributed by atoms with E-state index in [9.17, 15) is 14.4 Å². The van der Waals surface area contributed by atoms with Crippen LogP contribution in [-0.2, 0) is 14.4 Å². The fraction of sp³-hybridized carbons (Fsp3) is 0.786. The molecule has 1 heterocycles. The van der Waals surface area contributed by atoms with Gasteiger partial charge in [-0.05, 0) is 19.8 Å². The standard InChI is InChI=1S/C14H24N2O3/c1-5-6-9(2)10-7-12(18)16(13(10)19)14(3,4)8-11(15)17/h9-10H,5-8H2,1-4H3,(H2,15,17). The molecule has 0 spiro atoms. The van der Waals surface area contributed by atoms with Gasteiger partial charge in [-0.3, -0.25) is 19.3 Å². The van der Waals surface area contributed by atoms with Crippen LogP contribution in [0.1, 0.15) is 53.4 Å². The molecule has 2 N–H and O–H groups in total. The van der Waals surface area contributed by atoms with Gasteiger partial charge in [0.25, 0.3) is 0 Å². The SMILES string of the molecule is CCCC(C)C1CC(=O)N(C(C)(C)CC(N)=O)C1=O. The highest BCUT2D eigenvalue weighted by Gasteiger charge is 2.47. The highest BCUT2D eigenvalue weighted by atomic mass is 16.2. The van der Waals surface area contributed by atoms with Gasteiger partial charge in [0, 0.05) is 18.8 Å². The second-order valence-corrected chi connectivity index (χ2v) is 6.10. The summed E-state index contributed by atoms with van der Waals surface area (Å²) in [6.45, 7) is 7.48. The normalized spacial score (nSPS) is 21.9. The molecule has 3 amide bonds. The summed E-state index contributed by atoms with van der Waals surface area (Å²) in [4.78, 5) is 36.8. The summed E-state index contributed by atoms with van der Waals surface area (Å²) < 4.78 is 0. The maximum atomic E-state index is 12.4. The average molecular weight is 268 g/mol. The van der Waals surface area contributed by atoms with Crippen LogP contribution in [0.3, 0.4) is 0 Å². The molecule has 1 rings (SSSR count). The summed E-state index contributed by atoms with van der Waals surface area (Å²) in [6.07, 6.45) is 2.17. The number of nitrogens with two attached hydrogens (primary N) is 1. The molecule has 0 radical (unpaired) electrons. The van der Waals surface area contributed by atoms with Crippen molar-refractivity contribution in [1.82, 2.24) is 4.90 Å². The Morgan fingerprint density at radius 1 is 1.47 bits per heavy atom. The first-order chi connectivity index (χ1) is 8.70. The second kappa shape index (κ2) is 5.72. The third-order valence-electron chi connectivity index (χ3n) is 3.82. The molecule has 0 aromatic carbocycles. The summed E-state index contributed by atoms with van der Waals surface area (Å²) >= 11 is 0. The van der Waals surface area contributed by atoms with E-state index in [1.165, 1.54) is 4.90 Å². The van der Waals surface area contributed by atoms with Crippen LogP contribution in [0.5, 0.6) is 0 Å². The average Bonchev–Trinajstić information content (AvgIpc) is 2.53. The Bertz CT molecular complexity index is 390. The van der Waals surface area contributed by atoms with Crippen LogP contribution < -0.4 is 5.73 Å². The first-order valence-electron chi connectivity index (χ1n) is 6.86. The molecule has 5 heteroatoms. The highest BCUT2D eigenvalue weighted by molar-refractivity contribution is 6.04. The fourth-order valence-electron chi connectivity index (χ4n) is 2.90. The first kappa shape index (κ1) is 15.7. The number of hydrogen-bond acceptors (Lipinski definition) is 3. The second-order valence-electron chi connectivity index (χ2n) is 6.10. The summed E-state index contributed by atoms with van der Waals surface area (Å²) in [5.41, 5.74) is 4.36. The van der Waals surface area contributed by atoms with Gasteiger partial charge in [0.15, 0.2) is 0 Å². The van der Waals surface area contributed by atoms with Gasteiger partial charge in [-0.1, -0.05) is 26.7 Å². The van der Waals surface area contributed by atoms with Crippen molar-refractivity contribution in [3.05, 3.63) is 0 Å². The van der Waals surface area contributed by atoms with Crippen LogP contribution in [-0.4, -0.2) is 28.2 Å². The van der Waals surface area contributed by atoms with Crippen molar-refractivity contribution in [3.8, 4) is 0 Å². The lowest BCUT2D eigenvalue weighted by Crippen LogP contribution is -2.50. The van der Waals surface area contributed by atoms with Crippen molar-refractivity contribution in [2.24, 2.45) is 17.6 Å². The molecular weight excluding hydrogens is 244 g/mol. The van der Waals surface area contributed by atoms with E-state index >= 15 is 0 Å². The Balaban J connectivity index is 2.90. The molecule has 5 nitrogen and oxygen atoms in total. The molecule has 0 aromatic heterocycles. The van der Waals surface area contributed by atoms with Crippen molar-refractivity contribution >= 4 is 17.7 Å². The van der Waals surface area contributed by atoms with Crippen LogP contribution in [0.15, 0.2) is 0 Å². The van der Waals surface area contributed by atoms with Crippen LogP contribution >= 0.6 is 0 Å². The monoisotopic (exact) mass is 268 g/mol. The molecule has 19 heavy (non-hydrogen) atoms. The molecule has 0 aliphatic carbocycles. The molecule has 1 fully saturated rings. The number of amides is 3. The van der Waals surface area contributed by atoms with Gasteiger partial charge in [0.2, 0.25) is 17.7 Å². The molecule has 1 aliphatic rings. The largest absolute Gasteiger partial charge is 0.370 e. The number of likely N-dealkylation sites (tertiary alicyclic amines) is 1. The minimum atomic E-state index is -0.833. The Labute approximate surface area is 114 Å².